The second-order valence-corrected chi connectivity index (χ2v) is 9.56. The Kier molecular flexibility index (Phi) is 5.11. The number of carbonyl (C=O) groups is 2. The minimum Gasteiger partial charge on any atom is -0.338 e. The number of amides is 2. The van der Waals surface area contributed by atoms with Crippen molar-refractivity contribution in [3.8, 4) is 0 Å². The van der Waals surface area contributed by atoms with Crippen molar-refractivity contribution in [1.82, 2.24) is 14.4 Å². The number of likely N-dealkylation sites (tertiary alicyclic amines) is 1. The van der Waals surface area contributed by atoms with Crippen LogP contribution < -0.4 is 5.56 Å². The maximum Gasteiger partial charge on any atom is 0.263 e. The van der Waals surface area contributed by atoms with Crippen molar-refractivity contribution < 1.29 is 9.59 Å². The molecular weight excluding hydrogens is 390 g/mol. The molecule has 1 aromatic carbocycles. The van der Waals surface area contributed by atoms with Crippen molar-refractivity contribution in [1.29, 1.82) is 0 Å². The van der Waals surface area contributed by atoms with E-state index in [1.807, 2.05) is 29.2 Å². The number of pyridine rings is 1. The molecule has 2 amide bonds. The van der Waals surface area contributed by atoms with Crippen LogP contribution in [0.4, 0.5) is 0 Å². The number of nitrogens with zero attached hydrogens (tertiary/aromatic N) is 3. The van der Waals surface area contributed by atoms with Crippen molar-refractivity contribution in [3.05, 3.63) is 46.2 Å². The largest absolute Gasteiger partial charge is 0.338 e. The number of carbonyl (C=O) groups excluding carboxylic acids is 2. The molecule has 4 heterocycles. The van der Waals surface area contributed by atoms with Crippen LogP contribution in [-0.2, 0) is 11.8 Å². The average molecular weight is 422 g/mol. The molecule has 3 aliphatic rings. The maximum atomic E-state index is 13.6. The van der Waals surface area contributed by atoms with Crippen LogP contribution in [0.3, 0.4) is 0 Å². The smallest absolute Gasteiger partial charge is 0.263 e. The van der Waals surface area contributed by atoms with Crippen molar-refractivity contribution in [2.45, 2.75) is 57.5 Å². The highest BCUT2D eigenvalue weighted by atomic mass is 16.2. The first-order chi connectivity index (χ1) is 15.0. The number of piperidine rings is 3. The zero-order chi connectivity index (χ0) is 21.7. The summed E-state index contributed by atoms with van der Waals surface area (Å²) in [6.45, 7) is 3.44. The topological polar surface area (TPSA) is 62.6 Å². The third-order valence-corrected chi connectivity index (χ3v) is 7.73. The van der Waals surface area contributed by atoms with Crippen LogP contribution in [-0.4, -0.2) is 51.4 Å². The molecule has 6 heteroatoms. The normalized spacial score (nSPS) is 28.0. The van der Waals surface area contributed by atoms with Gasteiger partial charge in [-0.1, -0.05) is 31.5 Å². The Morgan fingerprint density at radius 1 is 1.13 bits per heavy atom. The quantitative estimate of drug-likeness (QED) is 0.765. The fourth-order valence-corrected chi connectivity index (χ4v) is 6.35. The van der Waals surface area contributed by atoms with E-state index < -0.39 is 0 Å². The van der Waals surface area contributed by atoms with E-state index in [1.54, 1.807) is 17.7 Å². The second kappa shape index (κ2) is 7.81. The number of aromatic nitrogens is 1. The van der Waals surface area contributed by atoms with Gasteiger partial charge in [0.1, 0.15) is 5.56 Å². The van der Waals surface area contributed by atoms with Crippen LogP contribution >= 0.6 is 0 Å². The Hall–Kier alpha value is -2.63. The highest BCUT2D eigenvalue weighted by Gasteiger charge is 2.49. The summed E-state index contributed by atoms with van der Waals surface area (Å²) < 4.78 is 1.58. The molecule has 5 rings (SSSR count). The van der Waals surface area contributed by atoms with Crippen molar-refractivity contribution >= 4 is 22.7 Å². The molecule has 164 valence electrons. The van der Waals surface area contributed by atoms with E-state index in [-0.39, 0.29) is 29.1 Å². The van der Waals surface area contributed by atoms with Gasteiger partial charge in [0.25, 0.3) is 11.5 Å². The van der Waals surface area contributed by atoms with Gasteiger partial charge < -0.3 is 14.4 Å². The van der Waals surface area contributed by atoms with E-state index in [2.05, 4.69) is 11.8 Å². The van der Waals surface area contributed by atoms with E-state index in [4.69, 9.17) is 0 Å². The number of benzene rings is 1. The molecule has 6 nitrogen and oxygen atoms in total. The summed E-state index contributed by atoms with van der Waals surface area (Å²) >= 11 is 0. The molecule has 3 aliphatic heterocycles. The molecule has 2 aromatic rings. The molecule has 3 saturated heterocycles. The number of hydrogen-bond donors (Lipinski definition) is 0. The first kappa shape index (κ1) is 20.3. The van der Waals surface area contributed by atoms with Crippen LogP contribution in [0.5, 0.6) is 0 Å². The molecule has 1 aromatic heterocycles. The lowest BCUT2D eigenvalue weighted by Crippen LogP contribution is -2.65. The number of aryl methyl sites for hydroxylation is 1. The van der Waals surface area contributed by atoms with Crippen LogP contribution in [0.15, 0.2) is 35.1 Å². The van der Waals surface area contributed by atoms with Gasteiger partial charge in [-0.2, -0.15) is 0 Å². The molecule has 0 aliphatic carbocycles. The molecule has 0 saturated carbocycles. The summed E-state index contributed by atoms with van der Waals surface area (Å²) in [4.78, 5) is 43.5. The van der Waals surface area contributed by atoms with Gasteiger partial charge in [-0.3, -0.25) is 14.4 Å². The highest BCUT2D eigenvalue weighted by Crippen LogP contribution is 2.43. The first-order valence-corrected chi connectivity index (χ1v) is 11.7. The molecule has 31 heavy (non-hydrogen) atoms. The summed E-state index contributed by atoms with van der Waals surface area (Å²) in [6.07, 6.45) is 5.73. The zero-order valence-corrected chi connectivity index (χ0v) is 18.4. The molecule has 3 fully saturated rings. The average Bonchev–Trinajstić information content (AvgIpc) is 2.78. The van der Waals surface area contributed by atoms with Crippen LogP contribution in [0.1, 0.15) is 55.8 Å². The summed E-state index contributed by atoms with van der Waals surface area (Å²) in [7, 11) is 1.73. The van der Waals surface area contributed by atoms with E-state index in [0.29, 0.717) is 37.3 Å². The van der Waals surface area contributed by atoms with Gasteiger partial charge >= 0.3 is 0 Å². The summed E-state index contributed by atoms with van der Waals surface area (Å²) in [5.74, 6) is 0.745. The van der Waals surface area contributed by atoms with Crippen LogP contribution in [0, 0.1) is 11.8 Å². The van der Waals surface area contributed by atoms with Crippen LogP contribution in [0.25, 0.3) is 10.9 Å². The minimum absolute atomic E-state index is 0.160. The maximum absolute atomic E-state index is 13.6. The van der Waals surface area contributed by atoms with Gasteiger partial charge in [0.2, 0.25) is 5.91 Å². The van der Waals surface area contributed by atoms with Gasteiger partial charge in [0.15, 0.2) is 0 Å². The van der Waals surface area contributed by atoms with Crippen molar-refractivity contribution in [3.63, 3.8) is 0 Å². The van der Waals surface area contributed by atoms with Crippen molar-refractivity contribution in [2.24, 2.45) is 18.9 Å². The Morgan fingerprint density at radius 2 is 1.90 bits per heavy atom. The molecule has 0 N–H and O–H groups in total. The Labute approximate surface area is 182 Å². The standard InChI is InChI=1S/C25H31N3O3/c1-3-7-21-17-12-18(22-10-6-11-23(29)28(21)22)15-27(14-17)25(31)19-13-16-8-4-5-9-20(16)26(2)24(19)30/h4-5,8-9,13,17-18,21-22H,3,6-7,10-12,14-15H2,1-2H3/t17-,18+,21-,22-/m0/s1. The predicted octanol–water partition coefficient (Wildman–Crippen LogP) is 3.18. The molecule has 0 radical (unpaired) electrons. The molecule has 2 bridgehead atoms. The predicted molar refractivity (Wildman–Crippen MR) is 120 cm³/mol. The minimum atomic E-state index is -0.237. The van der Waals surface area contributed by atoms with E-state index in [0.717, 1.165) is 43.0 Å². The first-order valence-electron chi connectivity index (χ1n) is 11.7. The van der Waals surface area contributed by atoms with E-state index in [1.165, 1.54) is 0 Å². The van der Waals surface area contributed by atoms with Gasteiger partial charge in [0, 0.05) is 38.6 Å². The molecule has 4 atom stereocenters. The lowest BCUT2D eigenvalue weighted by atomic mass is 9.71. The van der Waals surface area contributed by atoms with Gasteiger partial charge in [-0.15, -0.1) is 0 Å². The number of para-hydroxylation sites is 1. The molecule has 0 spiro atoms. The number of fused-ring (bicyclic) bond motifs is 5. The van der Waals surface area contributed by atoms with Crippen molar-refractivity contribution in [2.75, 3.05) is 13.1 Å². The summed E-state index contributed by atoms with van der Waals surface area (Å²) in [5, 5.41) is 0.901. The zero-order valence-electron chi connectivity index (χ0n) is 18.4. The van der Waals surface area contributed by atoms with Gasteiger partial charge in [-0.05, 0) is 55.0 Å². The Balaban J connectivity index is 1.48. The lowest BCUT2D eigenvalue weighted by molar-refractivity contribution is -0.152. The van der Waals surface area contributed by atoms with Crippen LogP contribution in [0.2, 0.25) is 0 Å². The second-order valence-electron chi connectivity index (χ2n) is 9.56. The summed E-state index contributed by atoms with van der Waals surface area (Å²) in [5.41, 5.74) is 0.850. The summed E-state index contributed by atoms with van der Waals surface area (Å²) in [6, 6.07) is 9.89. The third kappa shape index (κ3) is 3.27. The number of rotatable bonds is 3. The number of hydrogen-bond acceptors (Lipinski definition) is 3. The Bertz CT molecular complexity index is 1090. The fourth-order valence-electron chi connectivity index (χ4n) is 6.35. The fraction of sp³-hybridized carbons (Fsp3) is 0.560. The highest BCUT2D eigenvalue weighted by molar-refractivity contribution is 5.97. The Morgan fingerprint density at radius 3 is 2.71 bits per heavy atom. The SMILES string of the molecule is CCC[C@H]1[C@H]2C[C@H](CN(C(=O)c3cc4ccccc4n(C)c3=O)C2)[C@@H]2CCCC(=O)N21. The lowest BCUT2D eigenvalue weighted by Gasteiger charge is -2.56. The monoisotopic (exact) mass is 421 g/mol. The van der Waals surface area contributed by atoms with Gasteiger partial charge in [0.05, 0.1) is 5.52 Å². The van der Waals surface area contributed by atoms with Gasteiger partial charge in [-0.25, -0.2) is 0 Å². The molecular formula is C25H31N3O3. The third-order valence-electron chi connectivity index (χ3n) is 7.73. The van der Waals surface area contributed by atoms with E-state index >= 15 is 0 Å². The van der Waals surface area contributed by atoms with E-state index in [9.17, 15) is 14.4 Å². The molecule has 0 unspecified atom stereocenters.